The molecule has 0 aliphatic carbocycles. The normalized spacial score (nSPS) is 10.8. The summed E-state index contributed by atoms with van der Waals surface area (Å²) < 4.78 is 5.29. The Bertz CT molecular complexity index is 1000. The van der Waals surface area contributed by atoms with Crippen LogP contribution in [0.5, 0.6) is 5.75 Å². The lowest BCUT2D eigenvalue weighted by molar-refractivity contribution is 0.415. The predicted octanol–water partition coefficient (Wildman–Crippen LogP) is 5.92. The first-order valence-corrected chi connectivity index (χ1v) is 9.62. The van der Waals surface area contributed by atoms with Crippen LogP contribution in [0.4, 0.5) is 0 Å². The van der Waals surface area contributed by atoms with Crippen LogP contribution in [0.15, 0.2) is 59.3 Å². The van der Waals surface area contributed by atoms with Crippen molar-refractivity contribution < 1.29 is 4.74 Å². The minimum atomic E-state index is 0.836. The van der Waals surface area contributed by atoms with Gasteiger partial charge in [-0.05, 0) is 19.1 Å². The van der Waals surface area contributed by atoms with Gasteiger partial charge in [0, 0.05) is 21.9 Å². The Labute approximate surface area is 154 Å². The van der Waals surface area contributed by atoms with Gasteiger partial charge in [-0.3, -0.25) is 0 Å². The first-order valence-electron chi connectivity index (χ1n) is 7.86. The fourth-order valence-corrected chi connectivity index (χ4v) is 4.22. The molecule has 2 aromatic carbocycles. The standard InChI is InChI=1S/C20H16N2OS2/c1-13-6-8-14(9-7-13)17-11-24-19(21-17)20-22-18(12-25-20)15-4-3-5-16(10-15)23-2/h3-12H,1-2H3. The fraction of sp³-hybridized carbons (Fsp3) is 0.100. The molecule has 3 nitrogen and oxygen atoms in total. The van der Waals surface area contributed by atoms with Crippen LogP contribution in [0.2, 0.25) is 0 Å². The number of aromatic nitrogens is 2. The summed E-state index contributed by atoms with van der Waals surface area (Å²) in [5, 5.41) is 6.06. The van der Waals surface area contributed by atoms with Gasteiger partial charge in [0.25, 0.3) is 0 Å². The topological polar surface area (TPSA) is 35.0 Å². The van der Waals surface area contributed by atoms with E-state index in [1.807, 2.05) is 24.3 Å². The van der Waals surface area contributed by atoms with Gasteiger partial charge in [-0.25, -0.2) is 9.97 Å². The highest BCUT2D eigenvalue weighted by Crippen LogP contribution is 2.34. The van der Waals surface area contributed by atoms with Crippen molar-refractivity contribution in [1.82, 2.24) is 9.97 Å². The quantitative estimate of drug-likeness (QED) is 0.451. The molecule has 0 radical (unpaired) electrons. The van der Waals surface area contributed by atoms with Crippen LogP contribution in [0, 0.1) is 6.92 Å². The second-order valence-electron chi connectivity index (χ2n) is 5.67. The van der Waals surface area contributed by atoms with E-state index in [0.29, 0.717) is 0 Å². The lowest BCUT2D eigenvalue weighted by atomic mass is 10.1. The van der Waals surface area contributed by atoms with Crippen molar-refractivity contribution in [3.63, 3.8) is 0 Å². The van der Waals surface area contributed by atoms with Crippen LogP contribution in [0.1, 0.15) is 5.56 Å². The Balaban J connectivity index is 1.63. The van der Waals surface area contributed by atoms with Crippen LogP contribution in [-0.2, 0) is 0 Å². The number of nitrogens with zero attached hydrogens (tertiary/aromatic N) is 2. The van der Waals surface area contributed by atoms with Gasteiger partial charge in [-0.15, -0.1) is 22.7 Å². The maximum absolute atomic E-state index is 5.29. The summed E-state index contributed by atoms with van der Waals surface area (Å²) in [4.78, 5) is 9.52. The molecule has 4 rings (SSSR count). The molecule has 2 heterocycles. The SMILES string of the molecule is COc1cccc(-c2csc(-c3nc(-c4ccc(C)cc4)cs3)n2)c1. The van der Waals surface area contributed by atoms with Gasteiger partial charge in [-0.1, -0.05) is 42.0 Å². The minimum Gasteiger partial charge on any atom is -0.497 e. The molecular formula is C20H16N2OS2. The molecule has 0 saturated heterocycles. The van der Waals surface area contributed by atoms with E-state index in [1.54, 1.807) is 29.8 Å². The molecule has 5 heteroatoms. The smallest absolute Gasteiger partial charge is 0.152 e. The van der Waals surface area contributed by atoms with E-state index in [2.05, 4.69) is 41.9 Å². The molecule has 0 amide bonds. The van der Waals surface area contributed by atoms with Crippen molar-refractivity contribution in [2.75, 3.05) is 7.11 Å². The number of ether oxygens (including phenoxy) is 1. The minimum absolute atomic E-state index is 0.836. The zero-order valence-corrected chi connectivity index (χ0v) is 15.5. The van der Waals surface area contributed by atoms with E-state index in [9.17, 15) is 0 Å². The number of hydrogen-bond donors (Lipinski definition) is 0. The summed E-state index contributed by atoms with van der Waals surface area (Å²) >= 11 is 3.25. The van der Waals surface area contributed by atoms with Crippen LogP contribution in [0.25, 0.3) is 32.5 Å². The molecule has 0 N–H and O–H groups in total. The average Bonchev–Trinajstić information content (AvgIpc) is 3.32. The number of rotatable bonds is 4. The first kappa shape index (κ1) is 16.0. The van der Waals surface area contributed by atoms with E-state index in [-0.39, 0.29) is 0 Å². The van der Waals surface area contributed by atoms with Gasteiger partial charge in [0.2, 0.25) is 0 Å². The first-order chi connectivity index (χ1) is 12.2. The highest BCUT2D eigenvalue weighted by molar-refractivity contribution is 7.20. The molecular weight excluding hydrogens is 348 g/mol. The van der Waals surface area contributed by atoms with Gasteiger partial charge in [0.15, 0.2) is 10.0 Å². The molecule has 0 fully saturated rings. The molecule has 0 atom stereocenters. The highest BCUT2D eigenvalue weighted by atomic mass is 32.1. The Morgan fingerprint density at radius 1 is 0.800 bits per heavy atom. The summed E-state index contributed by atoms with van der Waals surface area (Å²) in [7, 11) is 1.67. The zero-order valence-electron chi connectivity index (χ0n) is 13.9. The molecule has 0 bridgehead atoms. The van der Waals surface area contributed by atoms with Crippen LogP contribution in [0.3, 0.4) is 0 Å². The molecule has 0 aliphatic rings. The van der Waals surface area contributed by atoms with E-state index >= 15 is 0 Å². The Hall–Kier alpha value is -2.50. The number of aryl methyl sites for hydroxylation is 1. The Morgan fingerprint density at radius 2 is 1.44 bits per heavy atom. The van der Waals surface area contributed by atoms with Crippen LogP contribution in [-0.4, -0.2) is 17.1 Å². The van der Waals surface area contributed by atoms with E-state index < -0.39 is 0 Å². The number of benzene rings is 2. The number of thiazole rings is 2. The van der Waals surface area contributed by atoms with Crippen LogP contribution >= 0.6 is 22.7 Å². The van der Waals surface area contributed by atoms with E-state index in [1.165, 1.54) is 5.56 Å². The second-order valence-corrected chi connectivity index (χ2v) is 7.39. The summed E-state index contributed by atoms with van der Waals surface area (Å²) in [5.74, 6) is 0.836. The summed E-state index contributed by atoms with van der Waals surface area (Å²) in [6.07, 6.45) is 0. The van der Waals surface area contributed by atoms with Gasteiger partial charge in [0.1, 0.15) is 5.75 Å². The van der Waals surface area contributed by atoms with Crippen molar-refractivity contribution in [1.29, 1.82) is 0 Å². The van der Waals surface area contributed by atoms with Crippen molar-refractivity contribution in [2.45, 2.75) is 6.92 Å². The van der Waals surface area contributed by atoms with Crippen LogP contribution < -0.4 is 4.74 Å². The maximum Gasteiger partial charge on any atom is 0.152 e. The van der Waals surface area contributed by atoms with Gasteiger partial charge in [0.05, 0.1) is 18.5 Å². The summed E-state index contributed by atoms with van der Waals surface area (Å²) in [6.45, 7) is 2.09. The number of hydrogen-bond acceptors (Lipinski definition) is 5. The fourth-order valence-electron chi connectivity index (χ4n) is 2.52. The lowest BCUT2D eigenvalue weighted by Crippen LogP contribution is -1.84. The third-order valence-electron chi connectivity index (χ3n) is 3.90. The van der Waals surface area contributed by atoms with Crippen molar-refractivity contribution in [3.05, 3.63) is 64.9 Å². The average molecular weight is 364 g/mol. The molecule has 2 aromatic heterocycles. The summed E-state index contributed by atoms with van der Waals surface area (Å²) in [6, 6.07) is 16.4. The Morgan fingerprint density at radius 3 is 2.08 bits per heavy atom. The molecule has 0 aliphatic heterocycles. The highest BCUT2D eigenvalue weighted by Gasteiger charge is 2.12. The molecule has 4 aromatic rings. The molecule has 0 saturated carbocycles. The van der Waals surface area contributed by atoms with Gasteiger partial charge >= 0.3 is 0 Å². The van der Waals surface area contributed by atoms with Crippen molar-refractivity contribution in [2.24, 2.45) is 0 Å². The van der Waals surface area contributed by atoms with Gasteiger partial charge in [-0.2, -0.15) is 0 Å². The third kappa shape index (κ3) is 3.34. The Kier molecular flexibility index (Phi) is 4.34. The molecule has 124 valence electrons. The maximum atomic E-state index is 5.29. The van der Waals surface area contributed by atoms with E-state index in [4.69, 9.17) is 14.7 Å². The third-order valence-corrected chi connectivity index (χ3v) is 5.73. The van der Waals surface area contributed by atoms with Crippen molar-refractivity contribution >= 4 is 22.7 Å². The molecule has 0 unspecified atom stereocenters. The van der Waals surface area contributed by atoms with E-state index in [0.717, 1.165) is 38.3 Å². The largest absolute Gasteiger partial charge is 0.497 e. The molecule has 0 spiro atoms. The zero-order chi connectivity index (χ0) is 17.2. The number of methoxy groups -OCH3 is 1. The van der Waals surface area contributed by atoms with Crippen molar-refractivity contribution in [3.8, 4) is 38.3 Å². The predicted molar refractivity (Wildman–Crippen MR) is 105 cm³/mol. The second kappa shape index (κ2) is 6.78. The van der Waals surface area contributed by atoms with Gasteiger partial charge < -0.3 is 4.74 Å². The summed E-state index contributed by atoms with van der Waals surface area (Å²) in [5.41, 5.74) is 5.39. The lowest BCUT2D eigenvalue weighted by Gasteiger charge is -2.01. The molecule has 25 heavy (non-hydrogen) atoms. The monoisotopic (exact) mass is 364 g/mol.